The molecule has 0 saturated carbocycles. The van der Waals surface area contributed by atoms with Gasteiger partial charge in [-0.05, 0) is 36.0 Å². The molecule has 0 aliphatic heterocycles. The van der Waals surface area contributed by atoms with Gasteiger partial charge in [0.05, 0.1) is 12.4 Å². The first-order chi connectivity index (χ1) is 11.7. The summed E-state index contributed by atoms with van der Waals surface area (Å²) >= 11 is 8.50. The van der Waals surface area contributed by atoms with Gasteiger partial charge >= 0.3 is 0 Å². The van der Waals surface area contributed by atoms with Gasteiger partial charge in [-0.1, -0.05) is 46.3 Å². The average Bonchev–Trinajstić information content (AvgIpc) is 3.00. The van der Waals surface area contributed by atoms with E-state index in [0.29, 0.717) is 5.11 Å². The van der Waals surface area contributed by atoms with Crippen molar-refractivity contribution in [2.45, 2.75) is 0 Å². The van der Waals surface area contributed by atoms with Crippen LogP contribution in [-0.4, -0.2) is 22.5 Å². The Kier molecular flexibility index (Phi) is 5.35. The summed E-state index contributed by atoms with van der Waals surface area (Å²) in [5.41, 5.74) is 8.48. The molecular formula is C17H14BrN5S. The van der Waals surface area contributed by atoms with Crippen LogP contribution in [-0.2, 0) is 0 Å². The minimum Gasteiger partial charge on any atom is -0.361 e. The van der Waals surface area contributed by atoms with Crippen molar-refractivity contribution in [2.75, 3.05) is 0 Å². The second-order valence-corrected chi connectivity index (χ2v) is 6.23. The lowest BCUT2D eigenvalue weighted by Gasteiger charge is -2.00. The van der Waals surface area contributed by atoms with Crippen LogP contribution in [0.4, 0.5) is 0 Å². The van der Waals surface area contributed by atoms with Crippen LogP contribution in [0.25, 0.3) is 10.9 Å². The molecular weight excluding hydrogens is 386 g/mol. The van der Waals surface area contributed by atoms with Crippen molar-refractivity contribution in [3.63, 3.8) is 0 Å². The van der Waals surface area contributed by atoms with Crippen molar-refractivity contribution in [3.05, 3.63) is 70.3 Å². The van der Waals surface area contributed by atoms with Crippen molar-refractivity contribution >= 4 is 56.6 Å². The molecule has 3 rings (SSSR count). The molecule has 0 aliphatic rings. The normalized spacial score (nSPS) is 11.4. The van der Waals surface area contributed by atoms with Gasteiger partial charge in [-0.3, -0.25) is 10.9 Å². The Morgan fingerprint density at radius 1 is 1.00 bits per heavy atom. The standard InChI is InChI=1S/C17H14BrN5S/c18-14-7-5-12(6-8-14)9-20-22-17(24)23-21-11-13-10-19-16-4-2-1-3-15(13)16/h1-11,19H,(H2,22,23,24)/b20-9+,21-11+. The van der Waals surface area contributed by atoms with Gasteiger partial charge in [0.1, 0.15) is 0 Å². The molecule has 0 saturated heterocycles. The van der Waals surface area contributed by atoms with Crippen LogP contribution in [0, 0.1) is 0 Å². The Bertz CT molecular complexity index is 899. The SMILES string of the molecule is S=C(N/N=C/c1ccc(Br)cc1)N/N=C/c1c[nH]c2ccccc12. The number of para-hydroxylation sites is 1. The largest absolute Gasteiger partial charge is 0.361 e. The zero-order valence-corrected chi connectivity index (χ0v) is 14.9. The fraction of sp³-hybridized carbons (Fsp3) is 0. The molecule has 0 unspecified atom stereocenters. The lowest BCUT2D eigenvalue weighted by atomic mass is 10.2. The Balaban J connectivity index is 1.53. The third-order valence-electron chi connectivity index (χ3n) is 3.24. The highest BCUT2D eigenvalue weighted by Gasteiger charge is 1.99. The van der Waals surface area contributed by atoms with E-state index in [1.807, 2.05) is 54.7 Å². The molecule has 5 nitrogen and oxygen atoms in total. The smallest absolute Gasteiger partial charge is 0.207 e. The van der Waals surface area contributed by atoms with Gasteiger partial charge in [-0.2, -0.15) is 10.2 Å². The summed E-state index contributed by atoms with van der Waals surface area (Å²) in [5.74, 6) is 0. The summed E-state index contributed by atoms with van der Waals surface area (Å²) in [6.07, 6.45) is 5.30. The quantitative estimate of drug-likeness (QED) is 0.355. The summed E-state index contributed by atoms with van der Waals surface area (Å²) in [5, 5.41) is 9.61. The number of hydrazone groups is 2. The first-order valence-electron chi connectivity index (χ1n) is 7.16. The van der Waals surface area contributed by atoms with Crippen LogP contribution in [0.3, 0.4) is 0 Å². The van der Waals surface area contributed by atoms with Crippen LogP contribution < -0.4 is 10.9 Å². The van der Waals surface area contributed by atoms with Gasteiger partial charge in [-0.15, -0.1) is 0 Å². The predicted octanol–water partition coefficient (Wildman–Crippen LogP) is 3.76. The van der Waals surface area contributed by atoms with Gasteiger partial charge in [0, 0.05) is 27.1 Å². The van der Waals surface area contributed by atoms with E-state index < -0.39 is 0 Å². The van der Waals surface area contributed by atoms with E-state index in [1.54, 1.807) is 12.4 Å². The van der Waals surface area contributed by atoms with Crippen molar-refractivity contribution in [2.24, 2.45) is 10.2 Å². The molecule has 0 aliphatic carbocycles. The molecule has 120 valence electrons. The van der Waals surface area contributed by atoms with Crippen LogP contribution in [0.1, 0.15) is 11.1 Å². The van der Waals surface area contributed by atoms with E-state index in [-0.39, 0.29) is 0 Å². The minimum absolute atomic E-state index is 0.319. The Morgan fingerprint density at radius 2 is 1.71 bits per heavy atom. The zero-order chi connectivity index (χ0) is 16.8. The second kappa shape index (κ2) is 7.85. The van der Waals surface area contributed by atoms with Crippen LogP contribution in [0.2, 0.25) is 0 Å². The van der Waals surface area contributed by atoms with E-state index >= 15 is 0 Å². The molecule has 0 fully saturated rings. The fourth-order valence-electron chi connectivity index (χ4n) is 2.10. The molecule has 2 aromatic carbocycles. The number of rotatable bonds is 4. The fourth-order valence-corrected chi connectivity index (χ4v) is 2.47. The third kappa shape index (κ3) is 4.27. The van der Waals surface area contributed by atoms with E-state index in [2.05, 4.69) is 42.0 Å². The summed E-state index contributed by atoms with van der Waals surface area (Å²) < 4.78 is 1.02. The Hall–Kier alpha value is -2.51. The molecule has 1 aromatic heterocycles. The molecule has 1 heterocycles. The maximum atomic E-state index is 5.12. The van der Waals surface area contributed by atoms with Gasteiger partial charge < -0.3 is 4.98 Å². The number of benzene rings is 2. The Morgan fingerprint density at radius 3 is 2.50 bits per heavy atom. The van der Waals surface area contributed by atoms with E-state index in [9.17, 15) is 0 Å². The minimum atomic E-state index is 0.319. The molecule has 0 spiro atoms. The lowest BCUT2D eigenvalue weighted by Crippen LogP contribution is -2.28. The van der Waals surface area contributed by atoms with Gasteiger partial charge in [0.15, 0.2) is 0 Å². The van der Waals surface area contributed by atoms with Crippen molar-refractivity contribution < 1.29 is 0 Å². The average molecular weight is 400 g/mol. The molecule has 3 aromatic rings. The predicted molar refractivity (Wildman–Crippen MR) is 106 cm³/mol. The molecule has 24 heavy (non-hydrogen) atoms. The van der Waals surface area contributed by atoms with Gasteiger partial charge in [-0.25, -0.2) is 0 Å². The van der Waals surface area contributed by atoms with Gasteiger partial charge in [0.2, 0.25) is 5.11 Å². The third-order valence-corrected chi connectivity index (χ3v) is 3.95. The van der Waals surface area contributed by atoms with Gasteiger partial charge in [0.25, 0.3) is 0 Å². The maximum absolute atomic E-state index is 5.12. The molecule has 0 bridgehead atoms. The number of thiocarbonyl (C=S) groups is 1. The second-order valence-electron chi connectivity index (χ2n) is 4.91. The number of nitrogens with zero attached hydrogens (tertiary/aromatic N) is 2. The first kappa shape index (κ1) is 16.4. The number of halogens is 1. The van der Waals surface area contributed by atoms with Crippen LogP contribution in [0.5, 0.6) is 0 Å². The zero-order valence-electron chi connectivity index (χ0n) is 12.5. The highest BCUT2D eigenvalue weighted by atomic mass is 79.9. The molecule has 7 heteroatoms. The highest BCUT2D eigenvalue weighted by Crippen LogP contribution is 2.15. The number of nitrogens with one attached hydrogen (secondary N) is 3. The summed E-state index contributed by atoms with van der Waals surface area (Å²) in [7, 11) is 0. The lowest BCUT2D eigenvalue weighted by molar-refractivity contribution is 0.935. The first-order valence-corrected chi connectivity index (χ1v) is 8.36. The van der Waals surface area contributed by atoms with Crippen molar-refractivity contribution in [1.29, 1.82) is 0 Å². The topological polar surface area (TPSA) is 64.6 Å². The van der Waals surface area contributed by atoms with Crippen LogP contribution >= 0.6 is 28.1 Å². The molecule has 0 atom stereocenters. The number of hydrogen-bond acceptors (Lipinski definition) is 3. The highest BCUT2D eigenvalue weighted by molar-refractivity contribution is 9.10. The van der Waals surface area contributed by atoms with Crippen LogP contribution in [0.15, 0.2) is 69.4 Å². The monoisotopic (exact) mass is 399 g/mol. The van der Waals surface area contributed by atoms with Crippen molar-refractivity contribution in [3.8, 4) is 0 Å². The number of fused-ring (bicyclic) bond motifs is 1. The Labute approximate surface area is 153 Å². The number of aromatic nitrogens is 1. The number of H-pyrrole nitrogens is 1. The summed E-state index contributed by atoms with van der Waals surface area (Å²) in [6.45, 7) is 0. The van der Waals surface area contributed by atoms with Crippen molar-refractivity contribution in [1.82, 2.24) is 15.8 Å². The molecule has 0 amide bonds. The van der Waals surface area contributed by atoms with E-state index in [4.69, 9.17) is 12.2 Å². The maximum Gasteiger partial charge on any atom is 0.207 e. The number of hydrogen-bond donors (Lipinski definition) is 3. The van der Waals surface area contributed by atoms with E-state index in [1.165, 1.54) is 0 Å². The molecule has 0 radical (unpaired) electrons. The van der Waals surface area contributed by atoms with E-state index in [0.717, 1.165) is 26.5 Å². The number of aromatic amines is 1. The summed E-state index contributed by atoms with van der Waals surface area (Å²) in [4.78, 5) is 3.19. The molecule has 3 N–H and O–H groups in total. The summed E-state index contributed by atoms with van der Waals surface area (Å²) in [6, 6.07) is 15.8.